The van der Waals surface area contributed by atoms with E-state index in [1.54, 1.807) is 0 Å². The van der Waals surface area contributed by atoms with Crippen molar-refractivity contribution in [1.29, 1.82) is 0 Å². The molecular weight excluding hydrogens is 226 g/mol. The standard InChI is InChI=1S/C14H23N3O/c1-11-6-8-13(9-7-11)12(2)16-10-4-3-5-14(15)17-18/h6-9,12,16,18H,3-5,10H2,1-2H3,(H2,15,17). The largest absolute Gasteiger partial charge is 0.409 e. The quantitative estimate of drug-likeness (QED) is 0.229. The first-order chi connectivity index (χ1) is 8.63. The Morgan fingerprint density at radius 3 is 2.61 bits per heavy atom. The molecule has 0 radical (unpaired) electrons. The van der Waals surface area contributed by atoms with Crippen LogP contribution < -0.4 is 11.1 Å². The van der Waals surface area contributed by atoms with Gasteiger partial charge < -0.3 is 16.3 Å². The minimum Gasteiger partial charge on any atom is -0.409 e. The molecule has 0 aliphatic carbocycles. The Morgan fingerprint density at radius 1 is 1.33 bits per heavy atom. The summed E-state index contributed by atoms with van der Waals surface area (Å²) in [5.74, 6) is 0.307. The molecule has 18 heavy (non-hydrogen) atoms. The molecule has 4 N–H and O–H groups in total. The van der Waals surface area contributed by atoms with Gasteiger partial charge in [-0.15, -0.1) is 0 Å². The van der Waals surface area contributed by atoms with E-state index in [1.165, 1.54) is 11.1 Å². The molecule has 1 aromatic rings. The normalized spacial score (nSPS) is 13.6. The molecule has 4 heteroatoms. The number of rotatable bonds is 7. The molecule has 1 atom stereocenters. The number of benzene rings is 1. The lowest BCUT2D eigenvalue weighted by atomic mass is 10.1. The summed E-state index contributed by atoms with van der Waals surface area (Å²) >= 11 is 0. The second-order valence-corrected chi connectivity index (χ2v) is 4.63. The molecule has 0 aliphatic heterocycles. The molecule has 0 saturated heterocycles. The van der Waals surface area contributed by atoms with E-state index in [0.29, 0.717) is 18.3 Å². The minimum absolute atomic E-state index is 0.307. The SMILES string of the molecule is Cc1ccc(C(C)NCCCCC(N)=NO)cc1. The first-order valence-electron chi connectivity index (χ1n) is 6.40. The fourth-order valence-electron chi connectivity index (χ4n) is 1.77. The third-order valence-corrected chi connectivity index (χ3v) is 3.02. The van der Waals surface area contributed by atoms with Crippen LogP contribution in [0.5, 0.6) is 0 Å². The van der Waals surface area contributed by atoms with Gasteiger partial charge in [-0.1, -0.05) is 35.0 Å². The van der Waals surface area contributed by atoms with Gasteiger partial charge in [0.25, 0.3) is 0 Å². The van der Waals surface area contributed by atoms with Crippen LogP contribution >= 0.6 is 0 Å². The number of amidine groups is 1. The summed E-state index contributed by atoms with van der Waals surface area (Å²) in [7, 11) is 0. The Labute approximate surface area is 109 Å². The smallest absolute Gasteiger partial charge is 0.139 e. The third kappa shape index (κ3) is 5.19. The van der Waals surface area contributed by atoms with E-state index in [9.17, 15) is 0 Å². The predicted molar refractivity (Wildman–Crippen MR) is 74.9 cm³/mol. The zero-order valence-corrected chi connectivity index (χ0v) is 11.2. The average molecular weight is 249 g/mol. The topological polar surface area (TPSA) is 70.6 Å². The fraction of sp³-hybridized carbons (Fsp3) is 0.500. The van der Waals surface area contributed by atoms with Crippen molar-refractivity contribution in [3.8, 4) is 0 Å². The van der Waals surface area contributed by atoms with E-state index in [2.05, 4.69) is 48.6 Å². The van der Waals surface area contributed by atoms with Crippen LogP contribution in [0, 0.1) is 6.92 Å². The third-order valence-electron chi connectivity index (χ3n) is 3.02. The maximum absolute atomic E-state index is 8.40. The molecule has 4 nitrogen and oxygen atoms in total. The summed E-state index contributed by atoms with van der Waals surface area (Å²) in [5, 5.41) is 14.8. The second kappa shape index (κ2) is 7.71. The van der Waals surface area contributed by atoms with Gasteiger partial charge in [0.15, 0.2) is 0 Å². The molecule has 0 aliphatic rings. The number of hydrogen-bond donors (Lipinski definition) is 3. The van der Waals surface area contributed by atoms with Crippen molar-refractivity contribution in [2.45, 2.75) is 39.2 Å². The zero-order valence-electron chi connectivity index (χ0n) is 11.2. The zero-order chi connectivity index (χ0) is 13.4. The van der Waals surface area contributed by atoms with Crippen LogP contribution in [0.2, 0.25) is 0 Å². The van der Waals surface area contributed by atoms with Crippen LogP contribution in [0.15, 0.2) is 29.4 Å². The molecule has 1 unspecified atom stereocenters. The van der Waals surface area contributed by atoms with Crippen LogP contribution in [0.3, 0.4) is 0 Å². The maximum atomic E-state index is 8.40. The molecule has 0 bridgehead atoms. The molecule has 0 saturated carbocycles. The van der Waals surface area contributed by atoms with E-state index in [4.69, 9.17) is 10.9 Å². The fourth-order valence-corrected chi connectivity index (χ4v) is 1.77. The number of nitrogens with two attached hydrogens (primary N) is 1. The highest BCUT2D eigenvalue weighted by atomic mass is 16.4. The molecular formula is C14H23N3O. The molecule has 0 heterocycles. The Hall–Kier alpha value is -1.55. The molecule has 1 aromatic carbocycles. The van der Waals surface area contributed by atoms with Gasteiger partial charge in [0.2, 0.25) is 0 Å². The maximum Gasteiger partial charge on any atom is 0.139 e. The lowest BCUT2D eigenvalue weighted by Gasteiger charge is -2.14. The van der Waals surface area contributed by atoms with E-state index in [1.807, 2.05) is 0 Å². The molecule has 0 aromatic heterocycles. The van der Waals surface area contributed by atoms with Crippen LogP contribution in [-0.2, 0) is 0 Å². The summed E-state index contributed by atoms with van der Waals surface area (Å²) < 4.78 is 0. The summed E-state index contributed by atoms with van der Waals surface area (Å²) in [4.78, 5) is 0. The summed E-state index contributed by atoms with van der Waals surface area (Å²) in [5.41, 5.74) is 7.98. The van der Waals surface area contributed by atoms with Crippen LogP contribution in [0.1, 0.15) is 43.4 Å². The lowest BCUT2D eigenvalue weighted by Crippen LogP contribution is -2.20. The average Bonchev–Trinajstić information content (AvgIpc) is 2.38. The van der Waals surface area contributed by atoms with Crippen molar-refractivity contribution in [1.82, 2.24) is 5.32 Å². The van der Waals surface area contributed by atoms with Crippen molar-refractivity contribution < 1.29 is 5.21 Å². The van der Waals surface area contributed by atoms with E-state index in [-0.39, 0.29) is 0 Å². The first-order valence-corrected chi connectivity index (χ1v) is 6.40. The molecule has 0 fully saturated rings. The number of nitrogens with one attached hydrogen (secondary N) is 1. The van der Waals surface area contributed by atoms with Crippen molar-refractivity contribution in [2.75, 3.05) is 6.54 Å². The van der Waals surface area contributed by atoms with Gasteiger partial charge >= 0.3 is 0 Å². The van der Waals surface area contributed by atoms with Crippen LogP contribution in [-0.4, -0.2) is 17.6 Å². The molecule has 1 rings (SSSR count). The Morgan fingerprint density at radius 2 is 2.00 bits per heavy atom. The highest BCUT2D eigenvalue weighted by Crippen LogP contribution is 2.12. The highest BCUT2D eigenvalue weighted by molar-refractivity contribution is 5.79. The number of unbranched alkanes of at least 4 members (excludes halogenated alkanes) is 1. The van der Waals surface area contributed by atoms with Crippen LogP contribution in [0.4, 0.5) is 0 Å². The van der Waals surface area contributed by atoms with E-state index in [0.717, 1.165) is 19.4 Å². The summed E-state index contributed by atoms with van der Waals surface area (Å²) in [6, 6.07) is 8.93. The van der Waals surface area contributed by atoms with Crippen molar-refractivity contribution in [3.63, 3.8) is 0 Å². The number of hydrogen-bond acceptors (Lipinski definition) is 3. The Balaban J connectivity index is 2.21. The van der Waals surface area contributed by atoms with Gasteiger partial charge in [0.05, 0.1) is 0 Å². The number of oxime groups is 1. The number of aryl methyl sites for hydroxylation is 1. The van der Waals surface area contributed by atoms with Gasteiger partial charge in [0.1, 0.15) is 5.84 Å². The van der Waals surface area contributed by atoms with Gasteiger partial charge in [0, 0.05) is 12.5 Å². The second-order valence-electron chi connectivity index (χ2n) is 4.63. The monoisotopic (exact) mass is 249 g/mol. The van der Waals surface area contributed by atoms with Crippen molar-refractivity contribution in [3.05, 3.63) is 35.4 Å². The molecule has 0 spiro atoms. The Bertz CT molecular complexity index is 373. The van der Waals surface area contributed by atoms with Gasteiger partial charge in [-0.05, 0) is 38.8 Å². The van der Waals surface area contributed by atoms with Crippen molar-refractivity contribution in [2.24, 2.45) is 10.9 Å². The molecule has 0 amide bonds. The predicted octanol–water partition coefficient (Wildman–Crippen LogP) is 2.56. The summed E-state index contributed by atoms with van der Waals surface area (Å²) in [6.07, 6.45) is 2.60. The Kier molecular flexibility index (Phi) is 6.22. The minimum atomic E-state index is 0.307. The summed E-state index contributed by atoms with van der Waals surface area (Å²) in [6.45, 7) is 5.19. The van der Waals surface area contributed by atoms with Gasteiger partial charge in [-0.25, -0.2) is 0 Å². The first kappa shape index (κ1) is 14.5. The molecule has 100 valence electrons. The number of nitrogens with zero attached hydrogens (tertiary/aromatic N) is 1. The van der Waals surface area contributed by atoms with E-state index >= 15 is 0 Å². The van der Waals surface area contributed by atoms with Crippen molar-refractivity contribution >= 4 is 5.84 Å². The lowest BCUT2D eigenvalue weighted by molar-refractivity contribution is 0.316. The van der Waals surface area contributed by atoms with Gasteiger partial charge in [-0.2, -0.15) is 0 Å². The van der Waals surface area contributed by atoms with E-state index < -0.39 is 0 Å². The highest BCUT2D eigenvalue weighted by Gasteiger charge is 2.03. The van der Waals surface area contributed by atoms with Crippen LogP contribution in [0.25, 0.3) is 0 Å². The van der Waals surface area contributed by atoms with Gasteiger partial charge in [-0.3, -0.25) is 0 Å².